The molecule has 0 bridgehead atoms. The first kappa shape index (κ1) is 19.2. The normalized spacial score (nSPS) is 23.5. The highest BCUT2D eigenvalue weighted by molar-refractivity contribution is 5.51. The van der Waals surface area contributed by atoms with Gasteiger partial charge in [0.1, 0.15) is 0 Å². The van der Waals surface area contributed by atoms with Crippen molar-refractivity contribution < 1.29 is 14.9 Å². The van der Waals surface area contributed by atoms with Crippen molar-refractivity contribution in [3.63, 3.8) is 0 Å². The fourth-order valence-electron chi connectivity index (χ4n) is 4.63. The molecule has 5 heteroatoms. The van der Waals surface area contributed by atoms with E-state index in [-0.39, 0.29) is 23.7 Å². The molecular formula is C23H30N2O3. The molecule has 2 aliphatic rings. The van der Waals surface area contributed by atoms with Crippen LogP contribution < -0.4 is 5.73 Å². The van der Waals surface area contributed by atoms with E-state index in [0.29, 0.717) is 18.9 Å². The predicted octanol–water partition coefficient (Wildman–Crippen LogP) is 2.99. The fourth-order valence-corrected chi connectivity index (χ4v) is 4.63. The first-order valence-corrected chi connectivity index (χ1v) is 10.3. The summed E-state index contributed by atoms with van der Waals surface area (Å²) in [5.74, 6) is 0.382. The molecule has 5 nitrogen and oxygen atoms in total. The first-order valence-electron chi connectivity index (χ1n) is 10.3. The van der Waals surface area contributed by atoms with Crippen LogP contribution in [0, 0.1) is 5.92 Å². The van der Waals surface area contributed by atoms with E-state index in [2.05, 4.69) is 35.2 Å². The van der Waals surface area contributed by atoms with Crippen LogP contribution in [0.1, 0.15) is 35.6 Å². The second-order valence-electron chi connectivity index (χ2n) is 8.02. The van der Waals surface area contributed by atoms with Gasteiger partial charge in [0.2, 0.25) is 0 Å². The fraction of sp³-hybridized carbons (Fsp3) is 0.478. The van der Waals surface area contributed by atoms with Gasteiger partial charge in [-0.3, -0.25) is 0 Å². The smallest absolute Gasteiger partial charge is 0.161 e. The SMILES string of the molecule is NC[C@H]1O[C@@H](C2CCN(CCc3ccccc3)CC2)Cc2c1ccc(O)c2O. The molecule has 0 aliphatic carbocycles. The minimum absolute atomic E-state index is 0.00968. The van der Waals surface area contributed by atoms with Crippen LogP contribution in [0.25, 0.3) is 0 Å². The van der Waals surface area contributed by atoms with Crippen molar-refractivity contribution >= 4 is 0 Å². The summed E-state index contributed by atoms with van der Waals surface area (Å²) in [5, 5.41) is 20.2. The van der Waals surface area contributed by atoms with Crippen molar-refractivity contribution in [2.45, 2.75) is 37.9 Å². The van der Waals surface area contributed by atoms with E-state index in [9.17, 15) is 10.2 Å². The van der Waals surface area contributed by atoms with Crippen molar-refractivity contribution in [2.75, 3.05) is 26.2 Å². The third-order valence-corrected chi connectivity index (χ3v) is 6.32. The van der Waals surface area contributed by atoms with Gasteiger partial charge in [-0.1, -0.05) is 36.4 Å². The Morgan fingerprint density at radius 2 is 1.79 bits per heavy atom. The molecule has 4 rings (SSSR count). The zero-order valence-electron chi connectivity index (χ0n) is 16.3. The maximum Gasteiger partial charge on any atom is 0.161 e. The van der Waals surface area contributed by atoms with E-state index >= 15 is 0 Å². The van der Waals surface area contributed by atoms with Crippen LogP contribution in [0.4, 0.5) is 0 Å². The molecule has 2 atom stereocenters. The highest BCUT2D eigenvalue weighted by Gasteiger charge is 2.35. The summed E-state index contributed by atoms with van der Waals surface area (Å²) in [5.41, 5.74) is 9.04. The zero-order valence-corrected chi connectivity index (χ0v) is 16.3. The number of nitrogens with zero attached hydrogens (tertiary/aromatic N) is 1. The van der Waals surface area contributed by atoms with E-state index in [1.807, 2.05) is 6.07 Å². The molecule has 0 amide bonds. The molecule has 150 valence electrons. The quantitative estimate of drug-likeness (QED) is 0.693. The number of piperidine rings is 1. The molecule has 0 aromatic heterocycles. The number of aromatic hydroxyl groups is 2. The average molecular weight is 383 g/mol. The summed E-state index contributed by atoms with van der Waals surface area (Å²) >= 11 is 0. The van der Waals surface area contributed by atoms with E-state index in [1.165, 1.54) is 11.6 Å². The van der Waals surface area contributed by atoms with Crippen LogP contribution in [-0.2, 0) is 17.6 Å². The largest absolute Gasteiger partial charge is 0.504 e. The van der Waals surface area contributed by atoms with E-state index in [0.717, 1.165) is 50.0 Å². The lowest BCUT2D eigenvalue weighted by molar-refractivity contribution is -0.0646. The number of rotatable bonds is 5. The molecule has 2 aromatic rings. The number of likely N-dealkylation sites (tertiary alicyclic amines) is 1. The van der Waals surface area contributed by atoms with Crippen LogP contribution in [0.3, 0.4) is 0 Å². The van der Waals surface area contributed by atoms with Crippen molar-refractivity contribution in [1.82, 2.24) is 4.90 Å². The Labute approximate surface area is 166 Å². The van der Waals surface area contributed by atoms with Crippen molar-refractivity contribution in [2.24, 2.45) is 11.7 Å². The Bertz CT molecular complexity index is 788. The van der Waals surface area contributed by atoms with Crippen LogP contribution >= 0.6 is 0 Å². The molecule has 0 unspecified atom stereocenters. The van der Waals surface area contributed by atoms with Crippen LogP contribution in [0.15, 0.2) is 42.5 Å². The van der Waals surface area contributed by atoms with Crippen molar-refractivity contribution in [1.29, 1.82) is 0 Å². The second-order valence-corrected chi connectivity index (χ2v) is 8.02. The topological polar surface area (TPSA) is 79.0 Å². The Morgan fingerprint density at radius 1 is 1.04 bits per heavy atom. The van der Waals surface area contributed by atoms with Crippen LogP contribution in [-0.4, -0.2) is 47.4 Å². The molecule has 2 aliphatic heterocycles. The second kappa shape index (κ2) is 8.52. The number of ether oxygens (including phenoxy) is 1. The van der Waals surface area contributed by atoms with Crippen LogP contribution in [0.2, 0.25) is 0 Å². The summed E-state index contributed by atoms with van der Waals surface area (Å²) in [7, 11) is 0. The van der Waals surface area contributed by atoms with E-state index < -0.39 is 0 Å². The number of phenols is 2. The van der Waals surface area contributed by atoms with Gasteiger partial charge < -0.3 is 25.6 Å². The summed E-state index contributed by atoms with van der Waals surface area (Å²) in [6, 6.07) is 14.0. The molecule has 1 saturated heterocycles. The highest BCUT2D eigenvalue weighted by atomic mass is 16.5. The molecule has 2 heterocycles. The van der Waals surface area contributed by atoms with Gasteiger partial charge in [-0.25, -0.2) is 0 Å². The molecule has 0 spiro atoms. The van der Waals surface area contributed by atoms with Crippen molar-refractivity contribution in [3.05, 3.63) is 59.2 Å². The number of benzene rings is 2. The van der Waals surface area contributed by atoms with Crippen molar-refractivity contribution in [3.8, 4) is 11.5 Å². The monoisotopic (exact) mass is 382 g/mol. The predicted molar refractivity (Wildman–Crippen MR) is 109 cm³/mol. The van der Waals surface area contributed by atoms with Gasteiger partial charge in [0.05, 0.1) is 12.2 Å². The summed E-state index contributed by atoms with van der Waals surface area (Å²) < 4.78 is 6.32. The van der Waals surface area contributed by atoms with E-state index in [4.69, 9.17) is 10.5 Å². The maximum atomic E-state index is 10.3. The highest BCUT2D eigenvalue weighted by Crippen LogP contribution is 2.42. The number of hydrogen-bond donors (Lipinski definition) is 3. The Balaban J connectivity index is 1.36. The molecule has 28 heavy (non-hydrogen) atoms. The molecule has 4 N–H and O–H groups in total. The Hall–Kier alpha value is -2.08. The minimum Gasteiger partial charge on any atom is -0.504 e. The van der Waals surface area contributed by atoms with Gasteiger partial charge >= 0.3 is 0 Å². The number of hydrogen-bond acceptors (Lipinski definition) is 5. The third kappa shape index (κ3) is 4.02. The summed E-state index contributed by atoms with van der Waals surface area (Å²) in [4.78, 5) is 2.53. The third-order valence-electron chi connectivity index (χ3n) is 6.32. The zero-order chi connectivity index (χ0) is 19.5. The van der Waals surface area contributed by atoms with Gasteiger partial charge in [0.25, 0.3) is 0 Å². The number of fused-ring (bicyclic) bond motifs is 1. The van der Waals surface area contributed by atoms with Gasteiger partial charge in [-0.05, 0) is 55.5 Å². The molecule has 1 fully saturated rings. The minimum atomic E-state index is -0.212. The standard InChI is InChI=1S/C23H30N2O3/c24-15-22-18-6-7-20(26)23(27)19(18)14-21(28-22)17-9-12-25(13-10-17)11-8-16-4-2-1-3-5-16/h1-7,17,21-22,26-27H,8-15,24H2/t21-,22-/m1/s1. The van der Waals surface area contributed by atoms with Gasteiger partial charge in [-0.2, -0.15) is 0 Å². The average Bonchev–Trinajstić information content (AvgIpc) is 2.75. The molecular weight excluding hydrogens is 352 g/mol. The number of phenolic OH excluding ortho intramolecular Hbond substituents is 2. The first-order chi connectivity index (χ1) is 13.7. The van der Waals surface area contributed by atoms with Gasteiger partial charge in [-0.15, -0.1) is 0 Å². The summed E-state index contributed by atoms with van der Waals surface area (Å²) in [6.45, 7) is 3.61. The Morgan fingerprint density at radius 3 is 2.50 bits per heavy atom. The number of nitrogens with two attached hydrogens (primary N) is 1. The van der Waals surface area contributed by atoms with Gasteiger partial charge in [0.15, 0.2) is 11.5 Å². The van der Waals surface area contributed by atoms with E-state index in [1.54, 1.807) is 0 Å². The lowest BCUT2D eigenvalue weighted by Gasteiger charge is -2.40. The summed E-state index contributed by atoms with van der Waals surface area (Å²) in [6.07, 6.45) is 3.74. The lowest BCUT2D eigenvalue weighted by atomic mass is 9.83. The van der Waals surface area contributed by atoms with Gasteiger partial charge in [0, 0.05) is 25.1 Å². The van der Waals surface area contributed by atoms with Crippen LogP contribution in [0.5, 0.6) is 11.5 Å². The lowest BCUT2D eigenvalue weighted by Crippen LogP contribution is -2.42. The Kier molecular flexibility index (Phi) is 5.85. The molecule has 0 radical (unpaired) electrons. The molecule has 0 saturated carbocycles. The maximum absolute atomic E-state index is 10.3. The molecule has 2 aromatic carbocycles.